The van der Waals surface area contributed by atoms with Crippen LogP contribution in [0.5, 0.6) is 0 Å². The Hall–Kier alpha value is -1.56. The minimum absolute atomic E-state index is 0.276. The van der Waals surface area contributed by atoms with E-state index in [2.05, 4.69) is 15.7 Å². The molecule has 0 saturated heterocycles. The maximum absolute atomic E-state index is 12.0. The standard InChI is InChI=1S/C16H26N4O2/c1-20-14(10-13(19-20)12-6-5-7-12)18-15(21)17-11-16(22)8-3-2-4-9-16/h10,12,22H,2-9,11H2,1H3,(H2,17,18,21). The molecule has 6 nitrogen and oxygen atoms in total. The Morgan fingerprint density at radius 2 is 2.09 bits per heavy atom. The Balaban J connectivity index is 1.52. The van der Waals surface area contributed by atoms with E-state index in [0.717, 1.165) is 31.4 Å². The van der Waals surface area contributed by atoms with E-state index in [1.54, 1.807) is 4.68 Å². The lowest BCUT2D eigenvalue weighted by Crippen LogP contribution is -2.45. The van der Waals surface area contributed by atoms with Crippen molar-refractivity contribution in [1.82, 2.24) is 15.1 Å². The van der Waals surface area contributed by atoms with Crippen LogP contribution in [0.3, 0.4) is 0 Å². The monoisotopic (exact) mass is 306 g/mol. The number of amides is 2. The van der Waals surface area contributed by atoms with Crippen molar-refractivity contribution in [3.05, 3.63) is 11.8 Å². The Morgan fingerprint density at radius 1 is 1.36 bits per heavy atom. The average Bonchev–Trinajstić information content (AvgIpc) is 2.76. The second-order valence-corrected chi connectivity index (χ2v) is 6.80. The molecule has 3 rings (SSSR count). The molecule has 3 N–H and O–H groups in total. The second kappa shape index (κ2) is 6.28. The van der Waals surface area contributed by atoms with Crippen molar-refractivity contribution in [2.45, 2.75) is 62.9 Å². The maximum atomic E-state index is 12.0. The first kappa shape index (κ1) is 15.3. The van der Waals surface area contributed by atoms with Gasteiger partial charge in [-0.1, -0.05) is 25.7 Å². The summed E-state index contributed by atoms with van der Waals surface area (Å²) >= 11 is 0. The fraction of sp³-hybridized carbons (Fsp3) is 0.750. The molecule has 2 aliphatic rings. The molecule has 2 amide bonds. The van der Waals surface area contributed by atoms with Gasteiger partial charge in [0.05, 0.1) is 11.3 Å². The van der Waals surface area contributed by atoms with Crippen molar-refractivity contribution in [3.8, 4) is 0 Å². The zero-order chi connectivity index (χ0) is 15.6. The van der Waals surface area contributed by atoms with Crippen molar-refractivity contribution in [1.29, 1.82) is 0 Å². The third kappa shape index (κ3) is 3.43. The molecule has 22 heavy (non-hydrogen) atoms. The van der Waals surface area contributed by atoms with Crippen LogP contribution in [0.15, 0.2) is 6.07 Å². The van der Waals surface area contributed by atoms with Gasteiger partial charge in [-0.3, -0.25) is 10.00 Å². The van der Waals surface area contributed by atoms with Crippen molar-refractivity contribution in [2.75, 3.05) is 11.9 Å². The highest BCUT2D eigenvalue weighted by atomic mass is 16.3. The number of carbonyl (C=O) groups is 1. The van der Waals surface area contributed by atoms with Gasteiger partial charge in [-0.2, -0.15) is 5.10 Å². The summed E-state index contributed by atoms with van der Waals surface area (Å²) in [7, 11) is 1.84. The molecule has 122 valence electrons. The van der Waals surface area contributed by atoms with E-state index in [0.29, 0.717) is 18.3 Å². The Morgan fingerprint density at radius 3 is 2.73 bits per heavy atom. The second-order valence-electron chi connectivity index (χ2n) is 6.80. The summed E-state index contributed by atoms with van der Waals surface area (Å²) in [4.78, 5) is 12.0. The summed E-state index contributed by atoms with van der Waals surface area (Å²) in [5.74, 6) is 1.25. The maximum Gasteiger partial charge on any atom is 0.320 e. The minimum Gasteiger partial charge on any atom is -0.388 e. The Labute approximate surface area is 131 Å². The van der Waals surface area contributed by atoms with Gasteiger partial charge >= 0.3 is 6.03 Å². The topological polar surface area (TPSA) is 79.2 Å². The van der Waals surface area contributed by atoms with Crippen LogP contribution in [0.2, 0.25) is 0 Å². The molecule has 2 fully saturated rings. The summed E-state index contributed by atoms with van der Waals surface area (Å²) in [5.41, 5.74) is 0.328. The highest BCUT2D eigenvalue weighted by Gasteiger charge is 2.29. The van der Waals surface area contributed by atoms with E-state index in [1.165, 1.54) is 25.7 Å². The van der Waals surface area contributed by atoms with Crippen molar-refractivity contribution in [3.63, 3.8) is 0 Å². The Bertz CT molecular complexity index is 530. The molecule has 6 heteroatoms. The summed E-state index contributed by atoms with van der Waals surface area (Å²) in [6.45, 7) is 0.312. The first-order valence-corrected chi connectivity index (χ1v) is 8.37. The van der Waals surface area contributed by atoms with E-state index in [1.807, 2.05) is 13.1 Å². The number of aliphatic hydroxyl groups is 1. The molecule has 1 aromatic heterocycles. The number of carbonyl (C=O) groups excluding carboxylic acids is 1. The minimum atomic E-state index is -0.737. The lowest BCUT2D eigenvalue weighted by atomic mass is 9.83. The van der Waals surface area contributed by atoms with E-state index in [4.69, 9.17) is 0 Å². The van der Waals surface area contributed by atoms with E-state index >= 15 is 0 Å². The third-order valence-electron chi connectivity index (χ3n) is 5.03. The number of hydrogen-bond acceptors (Lipinski definition) is 3. The van der Waals surface area contributed by atoms with Gasteiger partial charge in [0.1, 0.15) is 5.82 Å². The summed E-state index contributed by atoms with van der Waals surface area (Å²) in [5, 5.41) is 20.5. The van der Waals surface area contributed by atoms with Crippen LogP contribution < -0.4 is 10.6 Å². The normalized spacial score (nSPS) is 21.2. The van der Waals surface area contributed by atoms with E-state index < -0.39 is 5.60 Å². The molecule has 2 saturated carbocycles. The van der Waals surface area contributed by atoms with Crippen LogP contribution in [0.1, 0.15) is 63.0 Å². The summed E-state index contributed by atoms with van der Waals surface area (Å²) in [6, 6.07) is 1.68. The molecule has 0 spiro atoms. The van der Waals surface area contributed by atoms with Crippen LogP contribution in [-0.4, -0.2) is 33.1 Å². The number of aryl methyl sites for hydroxylation is 1. The van der Waals surface area contributed by atoms with E-state index in [9.17, 15) is 9.90 Å². The van der Waals surface area contributed by atoms with Crippen molar-refractivity contribution < 1.29 is 9.90 Å². The van der Waals surface area contributed by atoms with Gasteiger partial charge in [-0.15, -0.1) is 0 Å². The fourth-order valence-corrected chi connectivity index (χ4v) is 3.30. The number of anilines is 1. The van der Waals surface area contributed by atoms with Gasteiger partial charge in [0.25, 0.3) is 0 Å². The molecule has 1 heterocycles. The van der Waals surface area contributed by atoms with Crippen LogP contribution in [0.25, 0.3) is 0 Å². The third-order valence-corrected chi connectivity index (χ3v) is 5.03. The molecule has 0 bridgehead atoms. The van der Waals surface area contributed by atoms with E-state index in [-0.39, 0.29) is 6.03 Å². The number of rotatable bonds is 4. The number of aromatic nitrogens is 2. The lowest BCUT2D eigenvalue weighted by molar-refractivity contribution is 0.00755. The lowest BCUT2D eigenvalue weighted by Gasteiger charge is -2.32. The van der Waals surface area contributed by atoms with Gasteiger partial charge in [0.15, 0.2) is 0 Å². The molecule has 0 radical (unpaired) electrons. The molecular formula is C16H26N4O2. The number of nitrogens with zero attached hydrogens (tertiary/aromatic N) is 2. The van der Waals surface area contributed by atoms with Crippen LogP contribution >= 0.6 is 0 Å². The molecule has 0 unspecified atom stereocenters. The van der Waals surface area contributed by atoms with Gasteiger partial charge in [-0.05, 0) is 25.7 Å². The fourth-order valence-electron chi connectivity index (χ4n) is 3.30. The largest absolute Gasteiger partial charge is 0.388 e. The van der Waals surface area contributed by atoms with Crippen molar-refractivity contribution in [2.24, 2.45) is 7.05 Å². The number of urea groups is 1. The highest BCUT2D eigenvalue weighted by Crippen LogP contribution is 2.36. The SMILES string of the molecule is Cn1nc(C2CCC2)cc1NC(=O)NCC1(O)CCCCC1. The highest BCUT2D eigenvalue weighted by molar-refractivity contribution is 5.88. The molecule has 0 aromatic carbocycles. The first-order valence-electron chi connectivity index (χ1n) is 8.37. The van der Waals surface area contributed by atoms with Gasteiger partial charge in [-0.25, -0.2) is 4.79 Å². The zero-order valence-corrected chi connectivity index (χ0v) is 13.3. The number of hydrogen-bond donors (Lipinski definition) is 3. The van der Waals surface area contributed by atoms with Gasteiger partial charge in [0, 0.05) is 25.6 Å². The zero-order valence-electron chi connectivity index (χ0n) is 13.3. The van der Waals surface area contributed by atoms with Gasteiger partial charge in [0.2, 0.25) is 0 Å². The molecule has 2 aliphatic carbocycles. The van der Waals surface area contributed by atoms with Crippen molar-refractivity contribution >= 4 is 11.8 Å². The smallest absolute Gasteiger partial charge is 0.320 e. The molecule has 0 aliphatic heterocycles. The molecular weight excluding hydrogens is 280 g/mol. The van der Waals surface area contributed by atoms with Crippen LogP contribution in [0.4, 0.5) is 10.6 Å². The van der Waals surface area contributed by atoms with Gasteiger partial charge < -0.3 is 10.4 Å². The quantitative estimate of drug-likeness (QED) is 0.799. The van der Waals surface area contributed by atoms with Crippen LogP contribution in [0, 0.1) is 0 Å². The summed E-state index contributed by atoms with van der Waals surface area (Å²) < 4.78 is 1.71. The van der Waals surface area contributed by atoms with Crippen LogP contribution in [-0.2, 0) is 7.05 Å². The number of nitrogens with one attached hydrogen (secondary N) is 2. The Kier molecular flexibility index (Phi) is 4.38. The molecule has 0 atom stereocenters. The predicted molar refractivity (Wildman–Crippen MR) is 84.9 cm³/mol. The summed E-state index contributed by atoms with van der Waals surface area (Å²) in [6.07, 6.45) is 8.43. The first-order chi connectivity index (χ1) is 10.6. The average molecular weight is 306 g/mol. The molecule has 1 aromatic rings. The predicted octanol–water partition coefficient (Wildman–Crippen LogP) is 2.50.